The van der Waals surface area contributed by atoms with Crippen molar-refractivity contribution in [1.29, 1.82) is 0 Å². The minimum atomic E-state index is -0.193. The minimum absolute atomic E-state index is 0.0342. The van der Waals surface area contributed by atoms with E-state index in [0.29, 0.717) is 26.1 Å². The van der Waals surface area contributed by atoms with Crippen molar-refractivity contribution in [2.45, 2.75) is 19.3 Å². The molecule has 0 saturated carbocycles. The number of anilines is 1. The van der Waals surface area contributed by atoms with Crippen LogP contribution in [0.1, 0.15) is 19.3 Å². The number of amides is 2. The van der Waals surface area contributed by atoms with Gasteiger partial charge in [-0.25, -0.2) is 0 Å². The molecule has 1 aliphatic heterocycles. The number of methoxy groups -OCH3 is 1. The molecule has 30 heavy (non-hydrogen) atoms. The average Bonchev–Trinajstić information content (AvgIpc) is 3.22. The first-order chi connectivity index (χ1) is 14.6. The van der Waals surface area contributed by atoms with Crippen LogP contribution in [0.5, 0.6) is 0 Å². The van der Waals surface area contributed by atoms with Crippen LogP contribution >= 0.6 is 0 Å². The number of para-hydroxylation sites is 1. The van der Waals surface area contributed by atoms with E-state index in [9.17, 15) is 9.59 Å². The Hall–Kier alpha value is -3.12. The molecule has 4 rings (SSSR count). The Balaban J connectivity index is 1.43. The number of carbonyl (C=O) groups is 2. The van der Waals surface area contributed by atoms with Crippen molar-refractivity contribution >= 4 is 28.4 Å². The van der Waals surface area contributed by atoms with Crippen LogP contribution in [0.25, 0.3) is 22.2 Å². The van der Waals surface area contributed by atoms with Crippen LogP contribution < -0.4 is 5.32 Å². The first-order valence-corrected chi connectivity index (χ1v) is 10.4. The molecular weight excluding hydrogens is 378 g/mol. The molecule has 1 atom stereocenters. The van der Waals surface area contributed by atoms with E-state index in [4.69, 9.17) is 4.74 Å². The molecule has 2 aromatic carbocycles. The van der Waals surface area contributed by atoms with Gasteiger partial charge in [0, 0.05) is 48.0 Å². The highest BCUT2D eigenvalue weighted by atomic mass is 16.5. The van der Waals surface area contributed by atoms with Gasteiger partial charge in [-0.1, -0.05) is 30.3 Å². The van der Waals surface area contributed by atoms with E-state index >= 15 is 0 Å². The van der Waals surface area contributed by atoms with Crippen LogP contribution in [-0.4, -0.2) is 48.5 Å². The van der Waals surface area contributed by atoms with Crippen LogP contribution in [0.4, 0.5) is 5.69 Å². The second kappa shape index (κ2) is 9.13. The molecule has 6 nitrogen and oxygen atoms in total. The molecule has 0 spiro atoms. The number of carbonyl (C=O) groups excluding carboxylic acids is 2. The summed E-state index contributed by atoms with van der Waals surface area (Å²) >= 11 is 0. The molecule has 0 aliphatic carbocycles. The minimum Gasteiger partial charge on any atom is -0.384 e. The fourth-order valence-corrected chi connectivity index (χ4v) is 4.00. The molecule has 1 aliphatic rings. The maximum atomic E-state index is 12.9. The van der Waals surface area contributed by atoms with Crippen molar-refractivity contribution in [3.05, 3.63) is 54.6 Å². The lowest BCUT2D eigenvalue weighted by Gasteiger charge is -2.32. The van der Waals surface area contributed by atoms with Crippen molar-refractivity contribution in [2.24, 2.45) is 5.92 Å². The third kappa shape index (κ3) is 4.54. The summed E-state index contributed by atoms with van der Waals surface area (Å²) in [7, 11) is 1.59. The zero-order valence-electron chi connectivity index (χ0n) is 17.2. The number of fused-ring (bicyclic) bond motifs is 1. The van der Waals surface area contributed by atoms with Crippen molar-refractivity contribution < 1.29 is 14.3 Å². The zero-order valence-corrected chi connectivity index (χ0v) is 17.2. The summed E-state index contributed by atoms with van der Waals surface area (Å²) in [6.07, 6.45) is 1.99. The van der Waals surface area contributed by atoms with E-state index in [0.717, 1.165) is 40.7 Å². The number of aromatic nitrogens is 1. The summed E-state index contributed by atoms with van der Waals surface area (Å²) in [5, 5.41) is 4.20. The molecule has 6 heteroatoms. The highest BCUT2D eigenvalue weighted by molar-refractivity contribution is 5.94. The third-order valence-corrected chi connectivity index (χ3v) is 5.64. The SMILES string of the molecule is COCCC(=O)N1CCCC(C(=O)Nc2cccc(-c3cc4ccccc4[nH]3)c2)C1. The Labute approximate surface area is 176 Å². The Morgan fingerprint density at radius 3 is 2.87 bits per heavy atom. The number of nitrogens with one attached hydrogen (secondary N) is 2. The number of H-pyrrole nitrogens is 1. The van der Waals surface area contributed by atoms with Gasteiger partial charge in [-0.2, -0.15) is 0 Å². The molecule has 3 aromatic rings. The number of nitrogens with zero attached hydrogens (tertiary/aromatic N) is 1. The van der Waals surface area contributed by atoms with Crippen molar-refractivity contribution in [1.82, 2.24) is 9.88 Å². The van der Waals surface area contributed by atoms with Crippen LogP contribution in [0.3, 0.4) is 0 Å². The fourth-order valence-electron chi connectivity index (χ4n) is 4.00. The first-order valence-electron chi connectivity index (χ1n) is 10.4. The second-order valence-electron chi connectivity index (χ2n) is 7.76. The molecule has 156 valence electrons. The lowest BCUT2D eigenvalue weighted by atomic mass is 9.96. The van der Waals surface area contributed by atoms with Crippen LogP contribution in [0.2, 0.25) is 0 Å². The number of likely N-dealkylation sites (tertiary alicyclic amines) is 1. The summed E-state index contributed by atoms with van der Waals surface area (Å²) in [6, 6.07) is 18.1. The Kier molecular flexibility index (Phi) is 6.14. The van der Waals surface area contributed by atoms with Gasteiger partial charge in [0.1, 0.15) is 0 Å². The summed E-state index contributed by atoms with van der Waals surface area (Å²) in [6.45, 7) is 1.59. The Bertz CT molecular complexity index is 1010. The van der Waals surface area contributed by atoms with Gasteiger partial charge in [-0.15, -0.1) is 0 Å². The average molecular weight is 405 g/mol. The molecule has 0 radical (unpaired) electrons. The van der Waals surface area contributed by atoms with Crippen LogP contribution in [0.15, 0.2) is 54.6 Å². The Morgan fingerprint density at radius 2 is 2.03 bits per heavy atom. The number of aromatic amines is 1. The van der Waals surface area contributed by atoms with Gasteiger partial charge >= 0.3 is 0 Å². The molecule has 2 N–H and O–H groups in total. The fraction of sp³-hybridized carbons (Fsp3) is 0.333. The predicted octanol–water partition coefficient (Wildman–Crippen LogP) is 4.05. The number of piperidine rings is 1. The van der Waals surface area contributed by atoms with Gasteiger partial charge in [0.05, 0.1) is 18.9 Å². The molecule has 1 unspecified atom stereocenters. The normalized spacial score (nSPS) is 16.6. The van der Waals surface area contributed by atoms with Crippen molar-refractivity contribution in [3.63, 3.8) is 0 Å². The summed E-state index contributed by atoms with van der Waals surface area (Å²) in [4.78, 5) is 30.3. The molecule has 2 heterocycles. The van der Waals surface area contributed by atoms with E-state index < -0.39 is 0 Å². The maximum Gasteiger partial charge on any atom is 0.229 e. The lowest BCUT2D eigenvalue weighted by molar-refractivity contribution is -0.135. The first kappa shape index (κ1) is 20.2. The van der Waals surface area contributed by atoms with E-state index in [1.807, 2.05) is 42.5 Å². The number of ether oxygens (including phenoxy) is 1. The monoisotopic (exact) mass is 405 g/mol. The van der Waals surface area contributed by atoms with Crippen LogP contribution in [-0.2, 0) is 14.3 Å². The highest BCUT2D eigenvalue weighted by Gasteiger charge is 2.28. The number of benzene rings is 2. The predicted molar refractivity (Wildman–Crippen MR) is 118 cm³/mol. The van der Waals surface area contributed by atoms with E-state index in [-0.39, 0.29) is 17.7 Å². The Morgan fingerprint density at radius 1 is 1.17 bits per heavy atom. The molecule has 1 saturated heterocycles. The maximum absolute atomic E-state index is 12.9. The number of hydrogen-bond donors (Lipinski definition) is 2. The number of hydrogen-bond acceptors (Lipinski definition) is 3. The van der Waals surface area contributed by atoms with E-state index in [1.165, 1.54) is 0 Å². The summed E-state index contributed by atoms with van der Waals surface area (Å²) in [5.74, 6) is -0.176. The summed E-state index contributed by atoms with van der Waals surface area (Å²) in [5.41, 5.74) is 3.88. The van der Waals surface area contributed by atoms with Gasteiger partial charge < -0.3 is 19.9 Å². The smallest absolute Gasteiger partial charge is 0.229 e. The lowest BCUT2D eigenvalue weighted by Crippen LogP contribution is -2.44. The quantitative estimate of drug-likeness (QED) is 0.650. The topological polar surface area (TPSA) is 74.4 Å². The van der Waals surface area contributed by atoms with Crippen molar-refractivity contribution in [3.8, 4) is 11.3 Å². The molecule has 1 aromatic heterocycles. The molecule has 2 amide bonds. The molecular formula is C24H27N3O3. The van der Waals surface area contributed by atoms with Gasteiger partial charge in [0.2, 0.25) is 11.8 Å². The van der Waals surface area contributed by atoms with Gasteiger partial charge in [-0.05, 0) is 37.1 Å². The number of rotatable bonds is 6. The van der Waals surface area contributed by atoms with E-state index in [2.05, 4.69) is 22.4 Å². The largest absolute Gasteiger partial charge is 0.384 e. The third-order valence-electron chi connectivity index (χ3n) is 5.64. The standard InChI is InChI=1S/C24H27N3O3/c1-30-13-11-23(28)27-12-5-8-19(16-27)24(29)25-20-9-4-7-17(14-20)22-15-18-6-2-3-10-21(18)26-22/h2-4,6-7,9-10,14-15,19,26H,5,8,11-13,16H2,1H3,(H,25,29). The zero-order chi connectivity index (χ0) is 20.9. The van der Waals surface area contributed by atoms with E-state index in [1.54, 1.807) is 12.0 Å². The van der Waals surface area contributed by atoms with Crippen molar-refractivity contribution in [2.75, 3.05) is 32.1 Å². The van der Waals surface area contributed by atoms with Crippen LogP contribution in [0, 0.1) is 5.92 Å². The second-order valence-corrected chi connectivity index (χ2v) is 7.76. The highest BCUT2D eigenvalue weighted by Crippen LogP contribution is 2.27. The molecule has 1 fully saturated rings. The summed E-state index contributed by atoms with van der Waals surface area (Å²) < 4.78 is 4.99. The molecule has 0 bridgehead atoms. The van der Waals surface area contributed by atoms with Gasteiger partial charge in [0.25, 0.3) is 0 Å². The van der Waals surface area contributed by atoms with Gasteiger partial charge in [0.15, 0.2) is 0 Å². The van der Waals surface area contributed by atoms with Gasteiger partial charge in [-0.3, -0.25) is 9.59 Å².